The third kappa shape index (κ3) is 4.94. The highest BCUT2D eigenvalue weighted by atomic mass is 19.4. The Morgan fingerprint density at radius 3 is 2.41 bits per heavy atom. The summed E-state index contributed by atoms with van der Waals surface area (Å²) in [6, 6.07) is 2.27. The maximum Gasteiger partial charge on any atom is 0.433 e. The van der Waals surface area contributed by atoms with Gasteiger partial charge in [0.15, 0.2) is 11.6 Å². The number of rotatable bonds is 5. The van der Waals surface area contributed by atoms with E-state index in [9.17, 15) is 13.2 Å². The van der Waals surface area contributed by atoms with Gasteiger partial charge in [0.25, 0.3) is 0 Å². The van der Waals surface area contributed by atoms with Gasteiger partial charge in [-0.3, -0.25) is 4.90 Å². The third-order valence-corrected chi connectivity index (χ3v) is 4.16. The molecule has 1 fully saturated rings. The summed E-state index contributed by atoms with van der Waals surface area (Å²) in [5, 5.41) is 3.02. The Hall–Kier alpha value is -2.68. The van der Waals surface area contributed by atoms with E-state index in [2.05, 4.69) is 36.6 Å². The first-order valence-corrected chi connectivity index (χ1v) is 8.56. The SMILES string of the molecule is C=C(C)CN1CCN(c2nccnc2Nc2ccc(C(F)(F)F)nc2)CC1. The van der Waals surface area contributed by atoms with Gasteiger partial charge in [0.1, 0.15) is 5.69 Å². The minimum Gasteiger partial charge on any atom is -0.351 e. The van der Waals surface area contributed by atoms with E-state index in [1.165, 1.54) is 6.07 Å². The highest BCUT2D eigenvalue weighted by molar-refractivity contribution is 5.67. The smallest absolute Gasteiger partial charge is 0.351 e. The van der Waals surface area contributed by atoms with E-state index in [1.807, 2.05) is 6.92 Å². The number of alkyl halides is 3. The van der Waals surface area contributed by atoms with Crippen LogP contribution in [0.4, 0.5) is 30.5 Å². The van der Waals surface area contributed by atoms with Crippen LogP contribution in [0.3, 0.4) is 0 Å². The van der Waals surface area contributed by atoms with Gasteiger partial charge >= 0.3 is 6.18 Å². The summed E-state index contributed by atoms with van der Waals surface area (Å²) in [4.78, 5) is 16.6. The fraction of sp³-hybridized carbons (Fsp3) is 0.389. The largest absolute Gasteiger partial charge is 0.433 e. The molecule has 27 heavy (non-hydrogen) atoms. The van der Waals surface area contributed by atoms with Crippen LogP contribution in [0, 0.1) is 0 Å². The van der Waals surface area contributed by atoms with Crippen LogP contribution in [-0.4, -0.2) is 52.6 Å². The fourth-order valence-corrected chi connectivity index (χ4v) is 2.92. The number of nitrogens with zero attached hydrogens (tertiary/aromatic N) is 5. The lowest BCUT2D eigenvalue weighted by Gasteiger charge is -2.35. The molecule has 1 aliphatic heterocycles. The second-order valence-electron chi connectivity index (χ2n) is 6.50. The molecule has 144 valence electrons. The Labute approximate surface area is 155 Å². The van der Waals surface area contributed by atoms with Gasteiger partial charge < -0.3 is 10.2 Å². The number of pyridine rings is 1. The molecular formula is C18H21F3N6. The molecule has 0 amide bonds. The van der Waals surface area contributed by atoms with Gasteiger partial charge in [0.2, 0.25) is 0 Å². The monoisotopic (exact) mass is 378 g/mol. The van der Waals surface area contributed by atoms with Crippen molar-refractivity contribution in [3.63, 3.8) is 0 Å². The molecule has 1 aliphatic rings. The lowest BCUT2D eigenvalue weighted by atomic mass is 10.2. The Morgan fingerprint density at radius 2 is 1.81 bits per heavy atom. The van der Waals surface area contributed by atoms with E-state index in [-0.39, 0.29) is 0 Å². The van der Waals surface area contributed by atoms with Crippen molar-refractivity contribution in [2.24, 2.45) is 0 Å². The van der Waals surface area contributed by atoms with Gasteiger partial charge in [-0.25, -0.2) is 15.0 Å². The average molecular weight is 378 g/mol. The summed E-state index contributed by atoms with van der Waals surface area (Å²) in [6.07, 6.45) is -0.168. The molecule has 0 saturated carbocycles. The molecule has 0 aromatic carbocycles. The maximum absolute atomic E-state index is 12.6. The Kier molecular flexibility index (Phi) is 5.59. The first-order chi connectivity index (χ1) is 12.8. The maximum atomic E-state index is 12.6. The standard InChI is InChI=1S/C18H21F3N6/c1-13(2)12-26-7-9-27(10-8-26)17-16(22-5-6-23-17)25-14-3-4-15(24-11-14)18(19,20)21/h3-6,11H,1,7-10,12H2,2H3,(H,22,25). The number of hydrogen-bond donors (Lipinski definition) is 1. The van der Waals surface area contributed by atoms with Gasteiger partial charge in [-0.05, 0) is 19.1 Å². The van der Waals surface area contributed by atoms with E-state index < -0.39 is 11.9 Å². The molecule has 0 unspecified atom stereocenters. The van der Waals surface area contributed by atoms with Crippen molar-refractivity contribution >= 4 is 17.3 Å². The third-order valence-electron chi connectivity index (χ3n) is 4.16. The first-order valence-electron chi connectivity index (χ1n) is 8.56. The van der Waals surface area contributed by atoms with Crippen LogP contribution in [0.25, 0.3) is 0 Å². The fourth-order valence-electron chi connectivity index (χ4n) is 2.92. The highest BCUT2D eigenvalue weighted by Crippen LogP contribution is 2.29. The molecule has 1 saturated heterocycles. The molecule has 6 nitrogen and oxygen atoms in total. The van der Waals surface area contributed by atoms with Crippen molar-refractivity contribution < 1.29 is 13.2 Å². The Morgan fingerprint density at radius 1 is 1.11 bits per heavy atom. The van der Waals surface area contributed by atoms with Crippen molar-refractivity contribution in [3.05, 3.63) is 48.6 Å². The predicted octanol–water partition coefficient (Wildman–Crippen LogP) is 3.33. The number of piperazine rings is 1. The van der Waals surface area contributed by atoms with Crippen LogP contribution in [-0.2, 0) is 6.18 Å². The lowest BCUT2D eigenvalue weighted by molar-refractivity contribution is -0.141. The molecule has 3 heterocycles. The molecule has 2 aromatic rings. The summed E-state index contributed by atoms with van der Waals surface area (Å²) in [6.45, 7) is 10.2. The summed E-state index contributed by atoms with van der Waals surface area (Å²) in [5.41, 5.74) is 0.617. The van der Waals surface area contributed by atoms with Gasteiger partial charge in [-0.1, -0.05) is 12.2 Å². The van der Waals surface area contributed by atoms with Gasteiger partial charge in [-0.15, -0.1) is 0 Å². The summed E-state index contributed by atoms with van der Waals surface area (Å²) in [7, 11) is 0. The zero-order chi connectivity index (χ0) is 19.4. The number of anilines is 3. The minimum absolute atomic E-state index is 0.422. The molecule has 0 bridgehead atoms. The van der Waals surface area contributed by atoms with Crippen LogP contribution >= 0.6 is 0 Å². The number of hydrogen-bond acceptors (Lipinski definition) is 6. The average Bonchev–Trinajstić information content (AvgIpc) is 2.62. The molecule has 0 radical (unpaired) electrons. The lowest BCUT2D eigenvalue weighted by Crippen LogP contribution is -2.47. The van der Waals surface area contributed by atoms with Crippen LogP contribution in [0.15, 0.2) is 42.9 Å². The van der Waals surface area contributed by atoms with E-state index in [0.717, 1.165) is 50.6 Å². The number of aromatic nitrogens is 3. The van der Waals surface area contributed by atoms with E-state index in [4.69, 9.17) is 0 Å². The molecule has 0 atom stereocenters. The van der Waals surface area contributed by atoms with Crippen LogP contribution in [0.1, 0.15) is 12.6 Å². The van der Waals surface area contributed by atoms with Crippen molar-refractivity contribution in [1.29, 1.82) is 0 Å². The number of nitrogens with one attached hydrogen (secondary N) is 1. The summed E-state index contributed by atoms with van der Waals surface area (Å²) >= 11 is 0. The first kappa shape index (κ1) is 19.1. The van der Waals surface area contributed by atoms with Crippen LogP contribution in [0.2, 0.25) is 0 Å². The molecule has 0 aliphatic carbocycles. The van der Waals surface area contributed by atoms with Gasteiger partial charge in [0.05, 0.1) is 11.9 Å². The number of halogens is 3. The van der Waals surface area contributed by atoms with Gasteiger partial charge in [-0.2, -0.15) is 13.2 Å². The van der Waals surface area contributed by atoms with E-state index >= 15 is 0 Å². The highest BCUT2D eigenvalue weighted by Gasteiger charge is 2.32. The zero-order valence-electron chi connectivity index (χ0n) is 15.0. The second kappa shape index (κ2) is 7.91. The van der Waals surface area contributed by atoms with Crippen molar-refractivity contribution in [1.82, 2.24) is 19.9 Å². The summed E-state index contributed by atoms with van der Waals surface area (Å²) < 4.78 is 37.9. The molecular weight excluding hydrogens is 357 g/mol. The second-order valence-corrected chi connectivity index (χ2v) is 6.50. The zero-order valence-corrected chi connectivity index (χ0v) is 15.0. The van der Waals surface area contributed by atoms with Crippen molar-refractivity contribution in [2.75, 3.05) is 42.9 Å². The van der Waals surface area contributed by atoms with E-state index in [1.54, 1.807) is 12.4 Å². The Balaban J connectivity index is 1.70. The van der Waals surface area contributed by atoms with Gasteiger partial charge in [0, 0.05) is 45.1 Å². The quantitative estimate of drug-likeness (QED) is 0.806. The molecule has 1 N–H and O–H groups in total. The van der Waals surface area contributed by atoms with E-state index in [0.29, 0.717) is 17.3 Å². The Bertz CT molecular complexity index is 782. The van der Waals surface area contributed by atoms with Crippen molar-refractivity contribution in [2.45, 2.75) is 13.1 Å². The molecule has 0 spiro atoms. The topological polar surface area (TPSA) is 57.2 Å². The van der Waals surface area contributed by atoms with Crippen LogP contribution in [0.5, 0.6) is 0 Å². The predicted molar refractivity (Wildman–Crippen MR) is 98.0 cm³/mol. The molecule has 2 aromatic heterocycles. The summed E-state index contributed by atoms with van der Waals surface area (Å²) in [5.74, 6) is 1.17. The molecule has 9 heteroatoms. The molecule has 3 rings (SSSR count). The normalized spacial score (nSPS) is 15.6. The van der Waals surface area contributed by atoms with Crippen LogP contribution < -0.4 is 10.2 Å². The van der Waals surface area contributed by atoms with Crippen molar-refractivity contribution in [3.8, 4) is 0 Å². The minimum atomic E-state index is -4.46.